The number of ether oxygens (including phenoxy) is 1. The van der Waals surface area contributed by atoms with Crippen molar-refractivity contribution in [2.75, 3.05) is 13.2 Å². The van der Waals surface area contributed by atoms with Crippen LogP contribution in [0.2, 0.25) is 0 Å². The first-order valence-electron chi connectivity index (χ1n) is 6.25. The lowest BCUT2D eigenvalue weighted by Crippen LogP contribution is -2.19. The van der Waals surface area contributed by atoms with Crippen LogP contribution in [0.5, 0.6) is 0 Å². The quantitative estimate of drug-likeness (QED) is 0.750. The Morgan fingerprint density at radius 1 is 1.41 bits per heavy atom. The number of nitrogens with zero attached hydrogens (tertiary/aromatic N) is 2. The predicted octanol–water partition coefficient (Wildman–Crippen LogP) is 1.77. The van der Waals surface area contributed by atoms with E-state index in [1.54, 1.807) is 0 Å². The van der Waals surface area contributed by atoms with Crippen LogP contribution >= 0.6 is 0 Å². The summed E-state index contributed by atoms with van der Waals surface area (Å²) in [6, 6.07) is 0. The Morgan fingerprint density at radius 2 is 2.18 bits per heavy atom. The van der Waals surface area contributed by atoms with Crippen LogP contribution in [-0.4, -0.2) is 23.3 Å². The number of rotatable bonds is 8. The van der Waals surface area contributed by atoms with Gasteiger partial charge in [0.1, 0.15) is 6.61 Å². The van der Waals surface area contributed by atoms with Crippen LogP contribution in [0.3, 0.4) is 0 Å². The fourth-order valence-corrected chi connectivity index (χ4v) is 1.80. The van der Waals surface area contributed by atoms with Crippen LogP contribution in [0.25, 0.3) is 0 Å². The van der Waals surface area contributed by atoms with E-state index in [9.17, 15) is 0 Å². The van der Waals surface area contributed by atoms with Crippen LogP contribution in [0, 0.1) is 11.8 Å². The highest BCUT2D eigenvalue weighted by atomic mass is 16.5. The molecule has 5 heteroatoms. The van der Waals surface area contributed by atoms with Gasteiger partial charge in [-0.05, 0) is 31.7 Å². The molecule has 1 aromatic rings. The number of aromatic nitrogens is 2. The van der Waals surface area contributed by atoms with Crippen molar-refractivity contribution < 1.29 is 9.26 Å². The van der Waals surface area contributed by atoms with Crippen LogP contribution in [-0.2, 0) is 17.8 Å². The van der Waals surface area contributed by atoms with Gasteiger partial charge in [-0.2, -0.15) is 4.98 Å². The lowest BCUT2D eigenvalue weighted by molar-refractivity contribution is 0.126. The van der Waals surface area contributed by atoms with E-state index in [0.717, 1.165) is 12.8 Å². The monoisotopic (exact) mass is 241 g/mol. The molecule has 0 amide bonds. The first kappa shape index (κ1) is 14.1. The summed E-state index contributed by atoms with van der Waals surface area (Å²) in [5.41, 5.74) is 5.74. The molecule has 0 spiro atoms. The summed E-state index contributed by atoms with van der Waals surface area (Å²) >= 11 is 0. The van der Waals surface area contributed by atoms with Gasteiger partial charge in [0.2, 0.25) is 5.89 Å². The lowest BCUT2D eigenvalue weighted by Gasteiger charge is -2.14. The Balaban J connectivity index is 2.46. The third kappa shape index (κ3) is 5.28. The van der Waals surface area contributed by atoms with Crippen molar-refractivity contribution in [1.29, 1.82) is 0 Å². The molecule has 1 atom stereocenters. The predicted molar refractivity (Wildman–Crippen MR) is 65.3 cm³/mol. The van der Waals surface area contributed by atoms with Crippen molar-refractivity contribution in [2.45, 2.75) is 40.2 Å². The summed E-state index contributed by atoms with van der Waals surface area (Å²) in [4.78, 5) is 4.28. The molecule has 0 aliphatic rings. The molecule has 2 N–H and O–H groups in total. The smallest absolute Gasteiger partial charge is 0.227 e. The Hall–Kier alpha value is -0.940. The highest BCUT2D eigenvalue weighted by Gasteiger charge is 2.14. The zero-order chi connectivity index (χ0) is 12.7. The molecule has 0 saturated carbocycles. The molecule has 5 nitrogen and oxygen atoms in total. The molecule has 17 heavy (non-hydrogen) atoms. The van der Waals surface area contributed by atoms with E-state index in [-0.39, 0.29) is 0 Å². The highest BCUT2D eigenvalue weighted by Crippen LogP contribution is 2.15. The molecular weight excluding hydrogens is 218 g/mol. The maximum atomic E-state index is 5.74. The largest absolute Gasteiger partial charge is 0.374 e. The second-order valence-electron chi connectivity index (χ2n) is 4.68. The number of hydrogen-bond donors (Lipinski definition) is 1. The van der Waals surface area contributed by atoms with Crippen molar-refractivity contribution in [2.24, 2.45) is 17.6 Å². The maximum absolute atomic E-state index is 5.74. The highest BCUT2D eigenvalue weighted by molar-refractivity contribution is 4.87. The maximum Gasteiger partial charge on any atom is 0.227 e. The van der Waals surface area contributed by atoms with Crippen molar-refractivity contribution >= 4 is 0 Å². The van der Waals surface area contributed by atoms with Gasteiger partial charge in [-0.25, -0.2) is 0 Å². The molecule has 0 aliphatic heterocycles. The van der Waals surface area contributed by atoms with Crippen molar-refractivity contribution in [3.63, 3.8) is 0 Å². The summed E-state index contributed by atoms with van der Waals surface area (Å²) in [5.74, 6) is 2.32. The summed E-state index contributed by atoms with van der Waals surface area (Å²) in [6.07, 6.45) is 1.84. The summed E-state index contributed by atoms with van der Waals surface area (Å²) in [7, 11) is 0. The van der Waals surface area contributed by atoms with Crippen LogP contribution in [0.4, 0.5) is 0 Å². The Labute approximate surface area is 103 Å². The third-order valence-corrected chi connectivity index (χ3v) is 2.55. The minimum absolute atomic E-state index is 0.412. The molecule has 1 unspecified atom stereocenters. The fraction of sp³-hybridized carbons (Fsp3) is 0.833. The molecule has 0 radical (unpaired) electrons. The average molecular weight is 241 g/mol. The third-order valence-electron chi connectivity index (χ3n) is 2.55. The SMILES string of the molecule is CCOCc1noc(CC(CN)CC(C)C)n1. The molecule has 0 fully saturated rings. The zero-order valence-electron chi connectivity index (χ0n) is 11.0. The minimum atomic E-state index is 0.412. The van der Waals surface area contributed by atoms with Gasteiger partial charge in [-0.15, -0.1) is 0 Å². The molecule has 0 bridgehead atoms. The summed E-state index contributed by atoms with van der Waals surface area (Å²) in [6.45, 7) is 8.05. The van der Waals surface area contributed by atoms with Crippen molar-refractivity contribution in [3.8, 4) is 0 Å². The fourth-order valence-electron chi connectivity index (χ4n) is 1.80. The van der Waals surface area contributed by atoms with Gasteiger partial charge in [0.15, 0.2) is 5.82 Å². The molecule has 0 aliphatic carbocycles. The standard InChI is InChI=1S/C12H23N3O2/c1-4-16-8-11-14-12(17-15-11)6-10(7-13)5-9(2)3/h9-10H,4-8,13H2,1-3H3. The summed E-state index contributed by atoms with van der Waals surface area (Å²) < 4.78 is 10.4. The van der Waals surface area contributed by atoms with Gasteiger partial charge >= 0.3 is 0 Å². The van der Waals surface area contributed by atoms with Crippen LogP contribution < -0.4 is 5.73 Å². The van der Waals surface area contributed by atoms with Gasteiger partial charge < -0.3 is 15.0 Å². The van der Waals surface area contributed by atoms with Crippen LogP contribution in [0.1, 0.15) is 38.9 Å². The van der Waals surface area contributed by atoms with E-state index in [1.807, 2.05) is 6.92 Å². The van der Waals surface area contributed by atoms with Gasteiger partial charge in [0, 0.05) is 13.0 Å². The van der Waals surface area contributed by atoms with Crippen LogP contribution in [0.15, 0.2) is 4.52 Å². The van der Waals surface area contributed by atoms with E-state index in [1.165, 1.54) is 0 Å². The van der Waals surface area contributed by atoms with Gasteiger partial charge in [-0.1, -0.05) is 19.0 Å². The molecular formula is C12H23N3O2. The van der Waals surface area contributed by atoms with E-state index in [2.05, 4.69) is 24.0 Å². The molecule has 1 aromatic heterocycles. The Kier molecular flexibility index (Phi) is 6.15. The number of hydrogen-bond acceptors (Lipinski definition) is 5. The van der Waals surface area contributed by atoms with Crippen molar-refractivity contribution in [3.05, 3.63) is 11.7 Å². The van der Waals surface area contributed by atoms with E-state index in [0.29, 0.717) is 43.3 Å². The van der Waals surface area contributed by atoms with E-state index in [4.69, 9.17) is 15.0 Å². The second kappa shape index (κ2) is 7.40. The first-order valence-corrected chi connectivity index (χ1v) is 6.25. The second-order valence-corrected chi connectivity index (χ2v) is 4.68. The first-order chi connectivity index (χ1) is 8.15. The van der Waals surface area contributed by atoms with Gasteiger partial charge in [0.25, 0.3) is 0 Å². The molecule has 98 valence electrons. The van der Waals surface area contributed by atoms with Gasteiger partial charge in [-0.3, -0.25) is 0 Å². The minimum Gasteiger partial charge on any atom is -0.374 e. The number of nitrogens with two attached hydrogens (primary N) is 1. The van der Waals surface area contributed by atoms with E-state index >= 15 is 0 Å². The topological polar surface area (TPSA) is 74.2 Å². The average Bonchev–Trinajstić information content (AvgIpc) is 2.72. The normalized spacial score (nSPS) is 13.2. The molecule has 0 aromatic carbocycles. The molecule has 1 heterocycles. The Morgan fingerprint density at radius 3 is 2.76 bits per heavy atom. The van der Waals surface area contributed by atoms with Gasteiger partial charge in [0.05, 0.1) is 0 Å². The Bertz CT molecular complexity index is 312. The van der Waals surface area contributed by atoms with E-state index < -0.39 is 0 Å². The molecule has 1 rings (SSSR count). The molecule has 0 saturated heterocycles. The zero-order valence-corrected chi connectivity index (χ0v) is 11.0. The van der Waals surface area contributed by atoms with Crippen molar-refractivity contribution in [1.82, 2.24) is 10.1 Å². The summed E-state index contributed by atoms with van der Waals surface area (Å²) in [5, 5.41) is 3.87. The lowest BCUT2D eigenvalue weighted by atomic mass is 9.94.